The van der Waals surface area contributed by atoms with Crippen molar-refractivity contribution in [2.24, 2.45) is 11.8 Å². The van der Waals surface area contributed by atoms with E-state index in [-0.39, 0.29) is 0 Å². The van der Waals surface area contributed by atoms with Crippen molar-refractivity contribution in [3.05, 3.63) is 92.4 Å². The number of hydrogen-bond acceptors (Lipinski definition) is 0. The molecule has 0 aliphatic rings. The van der Waals surface area contributed by atoms with Gasteiger partial charge in [-0.3, -0.25) is 0 Å². The standard InChI is InChI=1S/C11H19Br.C10H12Cl2.C6H6/c1-5-7-11(12)10(6-2)8-9(3)4;1-7(2)6-8-4-3-5-9(11)10(8)12;1-2-4-6-5-3-1/h6-7,9H,5,8H2,1-4H3;3-5,7H,6H2,1-2H3;1-6H/b10-6-,11-7+;;. The molecule has 30 heavy (non-hydrogen) atoms. The average molecular weight is 512 g/mol. The molecule has 2 aromatic rings. The summed E-state index contributed by atoms with van der Waals surface area (Å²) in [7, 11) is 0. The zero-order valence-corrected chi connectivity index (χ0v) is 22.4. The highest BCUT2D eigenvalue weighted by Gasteiger charge is 2.05. The lowest BCUT2D eigenvalue weighted by atomic mass is 10.0. The molecule has 2 rings (SSSR count). The molecule has 0 bridgehead atoms. The molecule has 0 spiro atoms. The Morgan fingerprint density at radius 3 is 1.83 bits per heavy atom. The van der Waals surface area contributed by atoms with Crippen LogP contribution < -0.4 is 0 Å². The molecule has 0 saturated carbocycles. The van der Waals surface area contributed by atoms with Gasteiger partial charge >= 0.3 is 0 Å². The molecule has 0 nitrogen and oxygen atoms in total. The van der Waals surface area contributed by atoms with Gasteiger partial charge in [-0.15, -0.1) is 0 Å². The van der Waals surface area contributed by atoms with Gasteiger partial charge in [-0.05, 0) is 55.2 Å². The van der Waals surface area contributed by atoms with Gasteiger partial charge in [0.1, 0.15) is 0 Å². The van der Waals surface area contributed by atoms with Gasteiger partial charge in [0, 0.05) is 4.48 Å². The highest BCUT2D eigenvalue weighted by Crippen LogP contribution is 2.27. The summed E-state index contributed by atoms with van der Waals surface area (Å²) >= 11 is 15.5. The Morgan fingerprint density at radius 1 is 0.900 bits per heavy atom. The Morgan fingerprint density at radius 2 is 1.43 bits per heavy atom. The lowest BCUT2D eigenvalue weighted by molar-refractivity contribution is 0.647. The lowest BCUT2D eigenvalue weighted by Crippen LogP contribution is -1.94. The van der Waals surface area contributed by atoms with E-state index in [9.17, 15) is 0 Å². The van der Waals surface area contributed by atoms with Gasteiger partial charge in [0.05, 0.1) is 10.0 Å². The fourth-order valence-corrected chi connectivity index (χ4v) is 3.75. The normalized spacial score (nSPS) is 11.6. The van der Waals surface area contributed by atoms with Gasteiger partial charge in [-0.2, -0.15) is 0 Å². The minimum absolute atomic E-state index is 0.612. The SMILES string of the molecule is C/C=C(CC(C)C)\C(Br)=C/CC.CC(C)Cc1cccc(Cl)c1Cl.c1ccccc1. The van der Waals surface area contributed by atoms with Crippen LogP contribution in [0.1, 0.15) is 59.9 Å². The van der Waals surface area contributed by atoms with E-state index in [1.54, 1.807) is 0 Å². The Bertz CT molecular complexity index is 720. The van der Waals surface area contributed by atoms with E-state index in [0.717, 1.165) is 30.7 Å². The predicted octanol–water partition coefficient (Wildman–Crippen LogP) is 10.5. The zero-order valence-electron chi connectivity index (χ0n) is 19.3. The Balaban J connectivity index is 0.000000443. The lowest BCUT2D eigenvalue weighted by Gasteiger charge is -2.08. The minimum atomic E-state index is 0.612. The van der Waals surface area contributed by atoms with E-state index in [1.165, 1.54) is 10.1 Å². The van der Waals surface area contributed by atoms with E-state index in [4.69, 9.17) is 23.2 Å². The van der Waals surface area contributed by atoms with E-state index in [2.05, 4.69) is 69.6 Å². The molecular weight excluding hydrogens is 475 g/mol. The van der Waals surface area contributed by atoms with Crippen molar-refractivity contribution in [1.82, 2.24) is 0 Å². The summed E-state index contributed by atoms with van der Waals surface area (Å²) in [5.74, 6) is 1.34. The maximum Gasteiger partial charge on any atom is 0.0624 e. The second-order valence-corrected chi connectivity index (χ2v) is 9.48. The highest BCUT2D eigenvalue weighted by atomic mass is 79.9. The molecule has 3 heteroatoms. The largest absolute Gasteiger partial charge is 0.0833 e. The number of hydrogen-bond donors (Lipinski definition) is 0. The molecule has 0 aliphatic carbocycles. The summed E-state index contributed by atoms with van der Waals surface area (Å²) < 4.78 is 1.27. The van der Waals surface area contributed by atoms with E-state index >= 15 is 0 Å². The third kappa shape index (κ3) is 14.1. The molecule has 0 heterocycles. The Kier molecular flexibility index (Phi) is 17.0. The second kappa shape index (κ2) is 17.6. The molecule has 0 atom stereocenters. The zero-order chi connectivity index (χ0) is 22.9. The van der Waals surface area contributed by atoms with Crippen LogP contribution in [0.4, 0.5) is 0 Å². The molecule has 0 aromatic heterocycles. The molecule has 0 aliphatic heterocycles. The third-order valence-electron chi connectivity index (χ3n) is 3.99. The van der Waals surface area contributed by atoms with Gasteiger partial charge in [0.15, 0.2) is 0 Å². The van der Waals surface area contributed by atoms with Crippen LogP contribution in [0.3, 0.4) is 0 Å². The molecule has 166 valence electrons. The summed E-state index contributed by atoms with van der Waals surface area (Å²) in [6, 6.07) is 17.8. The van der Waals surface area contributed by atoms with Crippen LogP contribution in [0.2, 0.25) is 10.0 Å². The van der Waals surface area contributed by atoms with Crippen molar-refractivity contribution in [3.8, 4) is 0 Å². The predicted molar refractivity (Wildman–Crippen MR) is 142 cm³/mol. The monoisotopic (exact) mass is 510 g/mol. The maximum atomic E-state index is 6.01. The molecule has 0 amide bonds. The fourth-order valence-electron chi connectivity index (χ4n) is 2.63. The highest BCUT2D eigenvalue weighted by molar-refractivity contribution is 9.12. The van der Waals surface area contributed by atoms with Crippen LogP contribution in [0.5, 0.6) is 0 Å². The first kappa shape index (κ1) is 29.0. The van der Waals surface area contributed by atoms with Crippen molar-refractivity contribution in [1.29, 1.82) is 0 Å². The Labute approximate surface area is 203 Å². The van der Waals surface area contributed by atoms with Gasteiger partial charge in [-0.1, -0.05) is 134 Å². The van der Waals surface area contributed by atoms with Crippen LogP contribution in [0.25, 0.3) is 0 Å². The topological polar surface area (TPSA) is 0 Å². The molecule has 0 radical (unpaired) electrons. The molecular formula is C27H37BrCl2. The maximum absolute atomic E-state index is 6.01. The van der Waals surface area contributed by atoms with E-state index < -0.39 is 0 Å². The number of benzene rings is 2. The van der Waals surface area contributed by atoms with Crippen molar-refractivity contribution < 1.29 is 0 Å². The van der Waals surface area contributed by atoms with E-state index in [0.29, 0.717) is 16.0 Å². The summed E-state index contributed by atoms with van der Waals surface area (Å²) in [6.45, 7) is 13.1. The van der Waals surface area contributed by atoms with Gasteiger partial charge in [-0.25, -0.2) is 0 Å². The van der Waals surface area contributed by atoms with E-state index in [1.807, 2.05) is 54.6 Å². The smallest absolute Gasteiger partial charge is 0.0624 e. The van der Waals surface area contributed by atoms with Crippen LogP contribution in [-0.2, 0) is 6.42 Å². The summed E-state index contributed by atoms with van der Waals surface area (Å²) in [5.41, 5.74) is 2.56. The van der Waals surface area contributed by atoms with Crippen LogP contribution >= 0.6 is 39.1 Å². The van der Waals surface area contributed by atoms with Crippen LogP contribution in [0, 0.1) is 11.8 Å². The van der Waals surface area contributed by atoms with Crippen molar-refractivity contribution in [2.45, 2.75) is 60.8 Å². The van der Waals surface area contributed by atoms with Gasteiger partial charge < -0.3 is 0 Å². The fraction of sp³-hybridized carbons (Fsp3) is 0.407. The van der Waals surface area contributed by atoms with Crippen molar-refractivity contribution in [2.75, 3.05) is 0 Å². The van der Waals surface area contributed by atoms with Gasteiger partial charge in [0.25, 0.3) is 0 Å². The first-order valence-electron chi connectivity index (χ1n) is 10.7. The summed E-state index contributed by atoms with van der Waals surface area (Å²) in [6.07, 6.45) is 7.65. The van der Waals surface area contributed by atoms with Crippen molar-refractivity contribution >= 4 is 39.1 Å². The quantitative estimate of drug-likeness (QED) is 0.338. The number of rotatable bonds is 6. The van der Waals surface area contributed by atoms with Crippen LogP contribution in [0.15, 0.2) is 76.8 Å². The van der Waals surface area contributed by atoms with Crippen LogP contribution in [-0.4, -0.2) is 0 Å². The summed E-state index contributed by atoms with van der Waals surface area (Å²) in [4.78, 5) is 0. The third-order valence-corrected chi connectivity index (χ3v) is 5.68. The molecule has 0 saturated heterocycles. The first-order chi connectivity index (χ1) is 14.2. The minimum Gasteiger partial charge on any atom is -0.0833 e. The molecule has 2 aromatic carbocycles. The number of halogens is 3. The van der Waals surface area contributed by atoms with Gasteiger partial charge in [0.2, 0.25) is 0 Å². The second-order valence-electron chi connectivity index (χ2n) is 7.84. The van der Waals surface area contributed by atoms with Crippen molar-refractivity contribution in [3.63, 3.8) is 0 Å². The first-order valence-corrected chi connectivity index (χ1v) is 12.2. The average Bonchev–Trinajstić information content (AvgIpc) is 2.71. The molecule has 0 N–H and O–H groups in total. The number of allylic oxidation sites excluding steroid dienone is 4. The molecule has 0 unspecified atom stereocenters. The molecule has 0 fully saturated rings. The Hall–Kier alpha value is -1.02. The summed E-state index contributed by atoms with van der Waals surface area (Å²) in [5, 5.41) is 1.35.